The zero-order valence-electron chi connectivity index (χ0n) is 16.2. The summed E-state index contributed by atoms with van der Waals surface area (Å²) in [6, 6.07) is 17.1. The van der Waals surface area contributed by atoms with Crippen LogP contribution in [0.2, 0.25) is 35.8 Å². The minimum absolute atomic E-state index is 0.0783. The molecule has 1 aromatic rings. The van der Waals surface area contributed by atoms with Crippen molar-refractivity contribution in [2.45, 2.75) is 93.5 Å². The lowest BCUT2D eigenvalue weighted by molar-refractivity contribution is 0.484. The molecule has 0 nitrogen and oxygen atoms in total. The first-order valence-electron chi connectivity index (χ1n) is 10.9. The van der Waals surface area contributed by atoms with Crippen LogP contribution in [0.5, 0.6) is 0 Å². The van der Waals surface area contributed by atoms with Crippen molar-refractivity contribution in [3.8, 4) is 0 Å². The van der Waals surface area contributed by atoms with Crippen molar-refractivity contribution in [2.75, 3.05) is 6.67 Å². The van der Waals surface area contributed by atoms with E-state index in [0.29, 0.717) is 0 Å². The fraction of sp³-hybridized carbons (Fsp3) is 0.727. The second-order valence-corrected chi connectivity index (χ2v) is 15.8. The Hall–Kier alpha value is -0.416. The molecule has 3 rings (SSSR count). The minimum Gasteiger partial charge on any atom is -0.251 e. The quantitative estimate of drug-likeness (QED) is 0.477. The van der Waals surface area contributed by atoms with Gasteiger partial charge in [-0.1, -0.05) is 80.7 Å². The number of alkyl halides is 1. The molecule has 0 unspecified atom stereocenters. The highest BCUT2D eigenvalue weighted by Crippen LogP contribution is 2.42. The van der Waals surface area contributed by atoms with Crippen LogP contribution in [0, 0.1) is 0 Å². The highest BCUT2D eigenvalue weighted by atomic mass is 28.3. The lowest BCUT2D eigenvalue weighted by atomic mass is 9.92. The van der Waals surface area contributed by atoms with Crippen LogP contribution < -0.4 is 0 Å². The SMILES string of the molecule is CCCc1ccc([C@H]2CC[Si@H]([C@H]3CC[Si@H](CCCF)CC3)CC2)cc1. The molecular formula is C22H37FSi2. The summed E-state index contributed by atoms with van der Waals surface area (Å²) >= 11 is 0. The summed E-state index contributed by atoms with van der Waals surface area (Å²) in [6.07, 6.45) is 9.33. The molecule has 140 valence electrons. The molecule has 1 aromatic carbocycles. The third-order valence-electron chi connectivity index (χ3n) is 7.07. The molecule has 0 saturated carbocycles. The molecule has 2 aliphatic rings. The standard InChI is InChI=1S/C22H37FSi2/c1-2-4-19-5-7-20(8-6-19)21-9-17-25(18-10-21)22-11-15-24(16-12-22)14-3-13-23/h5-8,21-22,24-25H,2-4,9-18H2,1H3/t21-,22-,24-,25-. The van der Waals surface area contributed by atoms with E-state index in [-0.39, 0.29) is 6.67 Å². The van der Waals surface area contributed by atoms with Crippen molar-refractivity contribution in [3.63, 3.8) is 0 Å². The van der Waals surface area contributed by atoms with Crippen molar-refractivity contribution in [3.05, 3.63) is 35.4 Å². The second kappa shape index (κ2) is 10.1. The van der Waals surface area contributed by atoms with E-state index in [0.717, 1.165) is 17.9 Å². The first-order chi connectivity index (χ1) is 12.3. The molecule has 2 heterocycles. The third kappa shape index (κ3) is 5.53. The first kappa shape index (κ1) is 19.3. The number of hydrogen-bond donors (Lipinski definition) is 0. The van der Waals surface area contributed by atoms with Crippen molar-refractivity contribution >= 4 is 17.6 Å². The maximum Gasteiger partial charge on any atom is 0.0891 e. The van der Waals surface area contributed by atoms with Crippen LogP contribution in [-0.4, -0.2) is 24.3 Å². The Morgan fingerprint density at radius 2 is 1.64 bits per heavy atom. The van der Waals surface area contributed by atoms with E-state index in [2.05, 4.69) is 31.2 Å². The van der Waals surface area contributed by atoms with Crippen LogP contribution in [0.25, 0.3) is 0 Å². The average Bonchev–Trinajstić information content (AvgIpc) is 2.68. The number of aryl methyl sites for hydroxylation is 1. The van der Waals surface area contributed by atoms with E-state index in [4.69, 9.17) is 0 Å². The average molecular weight is 377 g/mol. The van der Waals surface area contributed by atoms with Gasteiger partial charge in [0.05, 0.1) is 6.67 Å². The molecule has 2 fully saturated rings. The molecular weight excluding hydrogens is 339 g/mol. The van der Waals surface area contributed by atoms with Crippen LogP contribution in [0.4, 0.5) is 4.39 Å². The van der Waals surface area contributed by atoms with Gasteiger partial charge in [-0.25, -0.2) is 0 Å². The predicted molar refractivity (Wildman–Crippen MR) is 114 cm³/mol. The number of halogens is 1. The normalized spacial score (nSPS) is 30.3. The van der Waals surface area contributed by atoms with Gasteiger partial charge in [0, 0.05) is 17.6 Å². The Morgan fingerprint density at radius 1 is 0.960 bits per heavy atom. The number of benzene rings is 1. The van der Waals surface area contributed by atoms with Crippen LogP contribution in [0.15, 0.2) is 24.3 Å². The van der Waals surface area contributed by atoms with Crippen LogP contribution in [0.1, 0.15) is 62.5 Å². The van der Waals surface area contributed by atoms with Crippen LogP contribution in [0.3, 0.4) is 0 Å². The van der Waals surface area contributed by atoms with Crippen molar-refractivity contribution < 1.29 is 4.39 Å². The van der Waals surface area contributed by atoms with Gasteiger partial charge in [-0.3, -0.25) is 4.39 Å². The topological polar surface area (TPSA) is 0 Å². The van der Waals surface area contributed by atoms with E-state index >= 15 is 0 Å². The molecule has 0 spiro atoms. The largest absolute Gasteiger partial charge is 0.251 e. The summed E-state index contributed by atoms with van der Waals surface area (Å²) in [6.45, 7) is 2.18. The van der Waals surface area contributed by atoms with E-state index in [9.17, 15) is 4.39 Å². The predicted octanol–water partition coefficient (Wildman–Crippen LogP) is 6.49. The monoisotopic (exact) mass is 376 g/mol. The maximum atomic E-state index is 12.4. The van der Waals surface area contributed by atoms with Crippen molar-refractivity contribution in [1.82, 2.24) is 0 Å². The van der Waals surface area contributed by atoms with Crippen molar-refractivity contribution in [2.24, 2.45) is 0 Å². The van der Waals surface area contributed by atoms with Gasteiger partial charge in [0.2, 0.25) is 0 Å². The fourth-order valence-corrected chi connectivity index (χ4v) is 13.9. The molecule has 0 aliphatic carbocycles. The molecule has 0 amide bonds. The third-order valence-corrected chi connectivity index (χ3v) is 14.7. The van der Waals surface area contributed by atoms with Gasteiger partial charge in [0.15, 0.2) is 0 Å². The summed E-state index contributed by atoms with van der Waals surface area (Å²) in [5.74, 6) is 0.842. The molecule has 0 bridgehead atoms. The Bertz CT molecular complexity index is 485. The Kier molecular flexibility index (Phi) is 7.78. The zero-order chi connectivity index (χ0) is 17.5. The van der Waals surface area contributed by atoms with Gasteiger partial charge < -0.3 is 0 Å². The highest BCUT2D eigenvalue weighted by Gasteiger charge is 2.32. The molecule has 0 radical (unpaired) electrons. The van der Waals surface area contributed by atoms with E-state index in [1.165, 1.54) is 62.2 Å². The molecule has 3 heteroatoms. The van der Waals surface area contributed by atoms with Gasteiger partial charge >= 0.3 is 0 Å². The number of hydrogen-bond acceptors (Lipinski definition) is 0. The number of rotatable bonds is 7. The summed E-state index contributed by atoms with van der Waals surface area (Å²) in [5.41, 5.74) is 4.25. The van der Waals surface area contributed by atoms with Gasteiger partial charge in [-0.2, -0.15) is 0 Å². The Labute approximate surface area is 157 Å². The van der Waals surface area contributed by atoms with Crippen LogP contribution >= 0.6 is 0 Å². The highest BCUT2D eigenvalue weighted by molar-refractivity contribution is 6.63. The second-order valence-electron chi connectivity index (χ2n) is 8.72. The van der Waals surface area contributed by atoms with E-state index in [1.807, 2.05) is 0 Å². The Balaban J connectivity index is 1.43. The van der Waals surface area contributed by atoms with E-state index in [1.54, 1.807) is 17.7 Å². The molecule has 0 aromatic heterocycles. The molecule has 2 saturated heterocycles. The zero-order valence-corrected chi connectivity index (χ0v) is 18.5. The summed E-state index contributed by atoms with van der Waals surface area (Å²) in [7, 11) is -1.02. The molecule has 25 heavy (non-hydrogen) atoms. The van der Waals surface area contributed by atoms with Crippen molar-refractivity contribution in [1.29, 1.82) is 0 Å². The van der Waals surface area contributed by atoms with Gasteiger partial charge in [0.25, 0.3) is 0 Å². The van der Waals surface area contributed by atoms with Gasteiger partial charge in [-0.15, -0.1) is 0 Å². The summed E-state index contributed by atoms with van der Waals surface area (Å²) in [5, 5.41) is 0. The molecule has 0 N–H and O–H groups in total. The lowest BCUT2D eigenvalue weighted by Crippen LogP contribution is -2.30. The maximum absolute atomic E-state index is 12.4. The fourth-order valence-electron chi connectivity index (χ4n) is 5.48. The minimum atomic E-state index is -0.527. The lowest BCUT2D eigenvalue weighted by Gasteiger charge is -2.37. The smallest absolute Gasteiger partial charge is 0.0891 e. The molecule has 0 atom stereocenters. The van der Waals surface area contributed by atoms with Gasteiger partial charge in [-0.05, 0) is 48.3 Å². The van der Waals surface area contributed by atoms with Crippen LogP contribution in [-0.2, 0) is 6.42 Å². The molecule has 2 aliphatic heterocycles. The summed E-state index contributed by atoms with van der Waals surface area (Å²) in [4.78, 5) is 0. The van der Waals surface area contributed by atoms with Gasteiger partial charge in [0.1, 0.15) is 0 Å². The first-order valence-corrected chi connectivity index (χ1v) is 15.7. The summed E-state index contributed by atoms with van der Waals surface area (Å²) < 4.78 is 12.4. The van der Waals surface area contributed by atoms with E-state index < -0.39 is 17.6 Å². The Morgan fingerprint density at radius 3 is 2.24 bits per heavy atom.